The van der Waals surface area contributed by atoms with Gasteiger partial charge in [-0.3, -0.25) is 4.79 Å². The molecule has 1 aromatic carbocycles. The number of aliphatic carboxylic acids is 1. The second-order valence-corrected chi connectivity index (χ2v) is 6.22. The molecule has 1 aromatic rings. The zero-order valence-corrected chi connectivity index (χ0v) is 12.1. The van der Waals surface area contributed by atoms with Gasteiger partial charge in [-0.05, 0) is 49.3 Å². The fraction of sp³-hybridized carbons (Fsp3) is 0.500. The van der Waals surface area contributed by atoms with Crippen molar-refractivity contribution >= 4 is 17.7 Å². The molecule has 0 saturated heterocycles. The molecule has 2 fully saturated rings. The average Bonchev–Trinajstić information content (AvgIpc) is 3.34. The van der Waals surface area contributed by atoms with Crippen LogP contribution in [0.15, 0.2) is 24.3 Å². The minimum absolute atomic E-state index is 0.117. The largest absolute Gasteiger partial charge is 0.481 e. The van der Waals surface area contributed by atoms with Crippen molar-refractivity contribution in [3.63, 3.8) is 0 Å². The normalized spacial score (nSPS) is 18.9. The van der Waals surface area contributed by atoms with Crippen LogP contribution in [-0.4, -0.2) is 35.6 Å². The van der Waals surface area contributed by atoms with Gasteiger partial charge in [-0.15, -0.1) is 0 Å². The van der Waals surface area contributed by atoms with Gasteiger partial charge in [0.15, 0.2) is 0 Å². The fourth-order valence-electron chi connectivity index (χ4n) is 2.61. The number of benzene rings is 1. The number of nitrogens with one attached hydrogen (secondary N) is 1. The fourth-order valence-corrected chi connectivity index (χ4v) is 2.61. The third kappa shape index (κ3) is 2.86. The van der Waals surface area contributed by atoms with E-state index in [2.05, 4.69) is 5.32 Å². The molecule has 2 N–H and O–H groups in total. The van der Waals surface area contributed by atoms with E-state index in [4.69, 9.17) is 0 Å². The molecule has 0 bridgehead atoms. The van der Waals surface area contributed by atoms with Crippen LogP contribution >= 0.6 is 0 Å². The Bertz CT molecular complexity index is 559. The highest BCUT2D eigenvalue weighted by molar-refractivity contribution is 5.89. The van der Waals surface area contributed by atoms with E-state index >= 15 is 0 Å². The zero-order valence-electron chi connectivity index (χ0n) is 12.1. The summed E-state index contributed by atoms with van der Waals surface area (Å²) in [7, 11) is 1.80. The summed E-state index contributed by atoms with van der Waals surface area (Å²) in [6.07, 6.45) is 3.81. The predicted octanol–water partition coefficient (Wildman–Crippen LogP) is 2.68. The van der Waals surface area contributed by atoms with Crippen molar-refractivity contribution in [3.05, 3.63) is 29.8 Å². The van der Waals surface area contributed by atoms with Crippen LogP contribution in [0.2, 0.25) is 0 Å². The van der Waals surface area contributed by atoms with Gasteiger partial charge in [0, 0.05) is 19.3 Å². The summed E-state index contributed by atoms with van der Waals surface area (Å²) in [5.74, 6) is -0.100. The molecule has 0 aliphatic heterocycles. The Kier molecular flexibility index (Phi) is 3.35. The molecule has 2 aliphatic rings. The molecule has 0 unspecified atom stereocenters. The first-order valence-corrected chi connectivity index (χ1v) is 7.37. The minimum Gasteiger partial charge on any atom is -0.481 e. The van der Waals surface area contributed by atoms with Crippen LogP contribution in [0, 0.1) is 5.92 Å². The number of rotatable bonds is 5. The molecule has 21 heavy (non-hydrogen) atoms. The molecule has 2 aliphatic carbocycles. The highest BCUT2D eigenvalue weighted by Gasteiger charge is 2.51. The Hall–Kier alpha value is -2.04. The Balaban J connectivity index is 1.61. The lowest BCUT2D eigenvalue weighted by atomic mass is 9.96. The summed E-state index contributed by atoms with van der Waals surface area (Å²) in [6, 6.07) is 7.05. The van der Waals surface area contributed by atoms with E-state index < -0.39 is 11.4 Å². The highest BCUT2D eigenvalue weighted by Crippen LogP contribution is 2.48. The SMILES string of the molecule is CN(CC1CC1)C(=O)Nc1ccc(C2(C(=O)O)CC2)cc1. The van der Waals surface area contributed by atoms with Gasteiger partial charge in [0.2, 0.25) is 0 Å². The topological polar surface area (TPSA) is 69.6 Å². The van der Waals surface area contributed by atoms with E-state index in [-0.39, 0.29) is 6.03 Å². The van der Waals surface area contributed by atoms with Gasteiger partial charge in [0.1, 0.15) is 0 Å². The predicted molar refractivity (Wildman–Crippen MR) is 79.4 cm³/mol. The van der Waals surface area contributed by atoms with Crippen LogP contribution in [0.4, 0.5) is 10.5 Å². The zero-order chi connectivity index (χ0) is 15.0. The highest BCUT2D eigenvalue weighted by atomic mass is 16.4. The standard InChI is InChI=1S/C16H20N2O3/c1-18(10-11-2-3-11)15(21)17-13-6-4-12(5-7-13)16(8-9-16)14(19)20/h4-7,11H,2-3,8-10H2,1H3,(H,17,21)(H,19,20). The second kappa shape index (κ2) is 5.06. The lowest BCUT2D eigenvalue weighted by molar-refractivity contribution is -0.140. The number of carbonyl (C=O) groups is 2. The van der Waals surface area contributed by atoms with Crippen molar-refractivity contribution in [2.75, 3.05) is 18.9 Å². The van der Waals surface area contributed by atoms with Crippen molar-refractivity contribution in [2.45, 2.75) is 31.1 Å². The van der Waals surface area contributed by atoms with Gasteiger partial charge in [0.25, 0.3) is 0 Å². The Labute approximate surface area is 123 Å². The summed E-state index contributed by atoms with van der Waals surface area (Å²) < 4.78 is 0. The van der Waals surface area contributed by atoms with Crippen LogP contribution < -0.4 is 5.32 Å². The van der Waals surface area contributed by atoms with Crippen molar-refractivity contribution in [1.29, 1.82) is 0 Å². The van der Waals surface area contributed by atoms with Gasteiger partial charge in [-0.25, -0.2) is 4.79 Å². The van der Waals surface area contributed by atoms with E-state index in [1.807, 2.05) is 0 Å². The van der Waals surface area contributed by atoms with Crippen LogP contribution in [-0.2, 0) is 10.2 Å². The number of anilines is 1. The lowest BCUT2D eigenvalue weighted by Crippen LogP contribution is -2.32. The quantitative estimate of drug-likeness (QED) is 0.875. The number of nitrogens with zero attached hydrogens (tertiary/aromatic N) is 1. The van der Waals surface area contributed by atoms with Crippen molar-refractivity contribution in [3.8, 4) is 0 Å². The van der Waals surface area contributed by atoms with E-state index in [1.165, 1.54) is 12.8 Å². The molecule has 0 heterocycles. The summed E-state index contributed by atoms with van der Waals surface area (Å²) >= 11 is 0. The summed E-state index contributed by atoms with van der Waals surface area (Å²) in [5.41, 5.74) is 0.831. The average molecular weight is 288 g/mol. The van der Waals surface area contributed by atoms with Crippen molar-refractivity contribution < 1.29 is 14.7 Å². The maximum atomic E-state index is 12.0. The first-order valence-electron chi connectivity index (χ1n) is 7.37. The minimum atomic E-state index is -0.761. The summed E-state index contributed by atoms with van der Waals surface area (Å²) in [4.78, 5) is 25.0. The molecule has 0 aromatic heterocycles. The van der Waals surface area contributed by atoms with Crippen LogP contribution in [0.1, 0.15) is 31.2 Å². The molecule has 0 radical (unpaired) electrons. The van der Waals surface area contributed by atoms with Crippen LogP contribution in [0.5, 0.6) is 0 Å². The first kappa shape index (κ1) is 13.9. The molecule has 2 amide bonds. The van der Waals surface area contributed by atoms with Gasteiger partial charge >= 0.3 is 12.0 Å². The third-order valence-corrected chi connectivity index (χ3v) is 4.42. The van der Waals surface area contributed by atoms with E-state index in [0.717, 1.165) is 12.1 Å². The van der Waals surface area contributed by atoms with Gasteiger partial charge in [0.05, 0.1) is 5.41 Å². The van der Waals surface area contributed by atoms with E-state index in [1.54, 1.807) is 36.2 Å². The molecule has 5 heteroatoms. The number of urea groups is 1. The molecular formula is C16H20N2O3. The molecule has 0 atom stereocenters. The number of hydrogen-bond donors (Lipinski definition) is 2. The summed E-state index contributed by atoms with van der Waals surface area (Å²) in [6.45, 7) is 0.798. The second-order valence-electron chi connectivity index (χ2n) is 6.22. The van der Waals surface area contributed by atoms with Crippen LogP contribution in [0.25, 0.3) is 0 Å². The number of amides is 2. The smallest absolute Gasteiger partial charge is 0.321 e. The number of hydrogen-bond acceptors (Lipinski definition) is 2. The van der Waals surface area contributed by atoms with Crippen molar-refractivity contribution in [2.24, 2.45) is 5.92 Å². The maximum Gasteiger partial charge on any atom is 0.321 e. The van der Waals surface area contributed by atoms with Gasteiger partial charge < -0.3 is 15.3 Å². The van der Waals surface area contributed by atoms with Gasteiger partial charge in [-0.2, -0.15) is 0 Å². The monoisotopic (exact) mass is 288 g/mol. The molecule has 5 nitrogen and oxygen atoms in total. The molecule has 3 rings (SSSR count). The van der Waals surface area contributed by atoms with Gasteiger partial charge in [-0.1, -0.05) is 12.1 Å². The van der Waals surface area contributed by atoms with E-state index in [0.29, 0.717) is 24.4 Å². The summed E-state index contributed by atoms with van der Waals surface area (Å²) in [5, 5.41) is 12.1. The third-order valence-electron chi connectivity index (χ3n) is 4.42. The lowest BCUT2D eigenvalue weighted by Gasteiger charge is -2.18. The number of carbonyl (C=O) groups excluding carboxylic acids is 1. The van der Waals surface area contributed by atoms with Crippen LogP contribution in [0.3, 0.4) is 0 Å². The number of carboxylic acids is 1. The Morgan fingerprint density at radius 1 is 1.29 bits per heavy atom. The molecule has 0 spiro atoms. The molecular weight excluding hydrogens is 268 g/mol. The number of carboxylic acid groups (broad SMARTS) is 1. The Morgan fingerprint density at radius 2 is 1.90 bits per heavy atom. The van der Waals surface area contributed by atoms with E-state index in [9.17, 15) is 14.7 Å². The van der Waals surface area contributed by atoms with Crippen molar-refractivity contribution in [1.82, 2.24) is 4.90 Å². The molecule has 2 saturated carbocycles. The first-order chi connectivity index (χ1) is 10.0. The molecule has 112 valence electrons. The Morgan fingerprint density at radius 3 is 2.38 bits per heavy atom. The maximum absolute atomic E-state index is 12.0.